The van der Waals surface area contributed by atoms with Gasteiger partial charge in [-0.25, -0.2) is 0 Å². The number of aryl methyl sites for hydroxylation is 1. The van der Waals surface area contributed by atoms with E-state index in [0.29, 0.717) is 17.0 Å². The molecule has 1 heterocycles. The highest BCUT2D eigenvalue weighted by Gasteiger charge is 2.14. The summed E-state index contributed by atoms with van der Waals surface area (Å²) in [7, 11) is 1.53. The monoisotopic (exact) mass is 375 g/mol. The molecule has 0 aliphatic carbocycles. The predicted octanol–water partition coefficient (Wildman–Crippen LogP) is 4.16. The fourth-order valence-electron chi connectivity index (χ4n) is 2.78. The molecule has 6 nitrogen and oxygen atoms in total. The van der Waals surface area contributed by atoms with E-state index in [-0.39, 0.29) is 17.4 Å². The largest absolute Gasteiger partial charge is 0.495 e. The summed E-state index contributed by atoms with van der Waals surface area (Å²) in [6.45, 7) is 2.02. The molecule has 2 aromatic carbocycles. The molecule has 3 aromatic rings. The Bertz CT molecular complexity index is 925. The van der Waals surface area contributed by atoms with E-state index in [0.717, 1.165) is 17.7 Å². The number of carbonyl (C=O) groups is 2. The summed E-state index contributed by atoms with van der Waals surface area (Å²) in [6, 6.07) is 16.2. The van der Waals surface area contributed by atoms with Crippen LogP contribution in [0.15, 0.2) is 67.0 Å². The van der Waals surface area contributed by atoms with Gasteiger partial charge in [0, 0.05) is 18.1 Å². The molecule has 0 radical (unpaired) electrons. The summed E-state index contributed by atoms with van der Waals surface area (Å²) in [5.41, 5.74) is 2.91. The number of para-hydroxylation sites is 3. The average Bonchev–Trinajstić information content (AvgIpc) is 2.74. The molecule has 3 rings (SSSR count). The number of hydrogen-bond donors (Lipinski definition) is 2. The number of ether oxygens (including phenoxy) is 1. The first kappa shape index (κ1) is 19.1. The maximum absolute atomic E-state index is 12.6. The first-order valence-electron chi connectivity index (χ1n) is 8.91. The van der Waals surface area contributed by atoms with Gasteiger partial charge >= 0.3 is 0 Å². The molecule has 0 spiro atoms. The van der Waals surface area contributed by atoms with E-state index >= 15 is 0 Å². The first-order valence-corrected chi connectivity index (χ1v) is 8.91. The molecule has 0 aliphatic heterocycles. The van der Waals surface area contributed by atoms with Gasteiger partial charge in [-0.1, -0.05) is 37.3 Å². The zero-order chi connectivity index (χ0) is 19.9. The van der Waals surface area contributed by atoms with E-state index in [1.165, 1.54) is 25.6 Å². The van der Waals surface area contributed by atoms with E-state index in [1.807, 2.05) is 37.3 Å². The van der Waals surface area contributed by atoms with Crippen molar-refractivity contribution in [1.82, 2.24) is 4.98 Å². The summed E-state index contributed by atoms with van der Waals surface area (Å²) in [5, 5.41) is 5.66. The maximum Gasteiger partial charge on any atom is 0.257 e. The summed E-state index contributed by atoms with van der Waals surface area (Å²) in [5.74, 6) is -0.144. The second kappa shape index (κ2) is 8.81. The summed E-state index contributed by atoms with van der Waals surface area (Å²) in [6.07, 6.45) is 3.65. The van der Waals surface area contributed by atoms with Crippen molar-refractivity contribution in [3.63, 3.8) is 0 Å². The highest BCUT2D eigenvalue weighted by atomic mass is 16.5. The number of nitrogens with one attached hydrogen (secondary N) is 2. The molecule has 142 valence electrons. The molecular formula is C22H21N3O3. The molecule has 0 saturated carbocycles. The lowest BCUT2D eigenvalue weighted by Crippen LogP contribution is -2.17. The van der Waals surface area contributed by atoms with E-state index < -0.39 is 0 Å². The van der Waals surface area contributed by atoms with Crippen molar-refractivity contribution in [2.24, 2.45) is 0 Å². The van der Waals surface area contributed by atoms with Crippen LogP contribution in [0.3, 0.4) is 0 Å². The number of nitrogens with zero attached hydrogens (tertiary/aromatic N) is 1. The molecule has 0 atom stereocenters. The van der Waals surface area contributed by atoms with Crippen LogP contribution in [0.25, 0.3) is 0 Å². The molecule has 0 aliphatic rings. The molecule has 0 saturated heterocycles. The minimum absolute atomic E-state index is 0.280. The van der Waals surface area contributed by atoms with Gasteiger partial charge in [-0.15, -0.1) is 0 Å². The Morgan fingerprint density at radius 3 is 2.11 bits per heavy atom. The Balaban J connectivity index is 1.78. The van der Waals surface area contributed by atoms with Crippen LogP contribution in [0.1, 0.15) is 33.2 Å². The van der Waals surface area contributed by atoms with Gasteiger partial charge in [0.15, 0.2) is 0 Å². The molecule has 0 bridgehead atoms. The maximum atomic E-state index is 12.6. The van der Waals surface area contributed by atoms with Crippen LogP contribution in [0.4, 0.5) is 11.4 Å². The lowest BCUT2D eigenvalue weighted by atomic mass is 10.1. The Morgan fingerprint density at radius 2 is 1.46 bits per heavy atom. The smallest absolute Gasteiger partial charge is 0.257 e. The van der Waals surface area contributed by atoms with Gasteiger partial charge < -0.3 is 15.4 Å². The van der Waals surface area contributed by atoms with Crippen LogP contribution in [-0.4, -0.2) is 23.9 Å². The SMILES string of the molecule is CCc1ccccc1NC(=O)c1cncc(C(=O)Nc2ccccc2OC)c1. The molecule has 2 amide bonds. The van der Waals surface area contributed by atoms with Crippen molar-refractivity contribution in [2.75, 3.05) is 17.7 Å². The average molecular weight is 375 g/mol. The van der Waals surface area contributed by atoms with Crippen LogP contribution in [0, 0.1) is 0 Å². The van der Waals surface area contributed by atoms with E-state index in [2.05, 4.69) is 15.6 Å². The van der Waals surface area contributed by atoms with Gasteiger partial charge in [0.1, 0.15) is 5.75 Å². The van der Waals surface area contributed by atoms with Gasteiger partial charge in [-0.05, 0) is 36.2 Å². The number of methoxy groups -OCH3 is 1. The molecular weight excluding hydrogens is 354 g/mol. The highest BCUT2D eigenvalue weighted by Crippen LogP contribution is 2.24. The number of anilines is 2. The topological polar surface area (TPSA) is 80.3 Å². The Kier molecular flexibility index (Phi) is 6.01. The van der Waals surface area contributed by atoms with Crippen molar-refractivity contribution >= 4 is 23.2 Å². The number of rotatable bonds is 6. The standard InChI is InChI=1S/C22H21N3O3/c1-3-15-8-4-5-9-18(15)24-21(26)16-12-17(14-23-13-16)22(27)25-19-10-6-7-11-20(19)28-2/h4-14H,3H2,1-2H3,(H,24,26)(H,25,27). The molecule has 6 heteroatoms. The number of pyridine rings is 1. The van der Waals surface area contributed by atoms with Gasteiger partial charge in [0.25, 0.3) is 11.8 Å². The van der Waals surface area contributed by atoms with Crippen LogP contribution in [0.5, 0.6) is 5.75 Å². The fourth-order valence-corrected chi connectivity index (χ4v) is 2.78. The van der Waals surface area contributed by atoms with Crippen molar-refractivity contribution in [3.05, 3.63) is 83.7 Å². The van der Waals surface area contributed by atoms with Crippen molar-refractivity contribution < 1.29 is 14.3 Å². The second-order valence-corrected chi connectivity index (χ2v) is 6.08. The normalized spacial score (nSPS) is 10.2. The minimum atomic E-state index is -0.374. The van der Waals surface area contributed by atoms with Crippen molar-refractivity contribution in [1.29, 1.82) is 0 Å². The van der Waals surface area contributed by atoms with E-state index in [1.54, 1.807) is 18.2 Å². The van der Waals surface area contributed by atoms with Gasteiger partial charge in [-0.3, -0.25) is 14.6 Å². The quantitative estimate of drug-likeness (QED) is 0.678. The zero-order valence-corrected chi connectivity index (χ0v) is 15.7. The second-order valence-electron chi connectivity index (χ2n) is 6.08. The third-order valence-corrected chi connectivity index (χ3v) is 4.26. The van der Waals surface area contributed by atoms with Crippen LogP contribution >= 0.6 is 0 Å². The van der Waals surface area contributed by atoms with Crippen molar-refractivity contribution in [2.45, 2.75) is 13.3 Å². The number of benzene rings is 2. The van der Waals surface area contributed by atoms with Crippen LogP contribution in [0.2, 0.25) is 0 Å². The number of carbonyl (C=O) groups excluding carboxylic acids is 2. The third-order valence-electron chi connectivity index (χ3n) is 4.26. The summed E-state index contributed by atoms with van der Waals surface area (Å²) >= 11 is 0. The Hall–Kier alpha value is -3.67. The van der Waals surface area contributed by atoms with E-state index in [9.17, 15) is 9.59 Å². The Morgan fingerprint density at radius 1 is 0.893 bits per heavy atom. The van der Waals surface area contributed by atoms with Crippen molar-refractivity contribution in [3.8, 4) is 5.75 Å². The van der Waals surface area contributed by atoms with Gasteiger partial charge in [0.2, 0.25) is 0 Å². The molecule has 0 fully saturated rings. The summed E-state index contributed by atoms with van der Waals surface area (Å²) < 4.78 is 5.24. The Labute approximate surface area is 163 Å². The lowest BCUT2D eigenvalue weighted by molar-refractivity contribution is 0.102. The summed E-state index contributed by atoms with van der Waals surface area (Å²) in [4.78, 5) is 29.2. The van der Waals surface area contributed by atoms with Gasteiger partial charge in [0.05, 0.1) is 23.9 Å². The molecule has 0 unspecified atom stereocenters. The molecule has 1 aromatic heterocycles. The first-order chi connectivity index (χ1) is 13.6. The highest BCUT2D eigenvalue weighted by molar-refractivity contribution is 6.08. The third kappa shape index (κ3) is 4.35. The molecule has 28 heavy (non-hydrogen) atoms. The van der Waals surface area contributed by atoms with Crippen LogP contribution < -0.4 is 15.4 Å². The fraction of sp³-hybridized carbons (Fsp3) is 0.136. The zero-order valence-electron chi connectivity index (χ0n) is 15.7. The minimum Gasteiger partial charge on any atom is -0.495 e. The van der Waals surface area contributed by atoms with Crippen LogP contribution in [-0.2, 0) is 6.42 Å². The number of hydrogen-bond acceptors (Lipinski definition) is 4. The lowest BCUT2D eigenvalue weighted by Gasteiger charge is -2.11. The predicted molar refractivity (Wildman–Crippen MR) is 109 cm³/mol. The van der Waals surface area contributed by atoms with E-state index in [4.69, 9.17) is 4.74 Å². The molecule has 2 N–H and O–H groups in total. The van der Waals surface area contributed by atoms with Gasteiger partial charge in [-0.2, -0.15) is 0 Å². The number of aromatic nitrogens is 1. The number of amides is 2.